The molecule has 0 bridgehead atoms. The Morgan fingerprint density at radius 3 is 1.87 bits per heavy atom. The first-order valence-corrected chi connectivity index (χ1v) is 11.9. The van der Waals surface area contributed by atoms with Crippen molar-refractivity contribution in [1.82, 2.24) is 5.32 Å². The van der Waals surface area contributed by atoms with Crippen molar-refractivity contribution in [3.8, 4) is 0 Å². The molecule has 1 atom stereocenters. The second-order valence-electron chi connectivity index (χ2n) is 7.78. The molecular weight excluding hydrogens is 398 g/mol. The number of carboxylic acids is 1. The summed E-state index contributed by atoms with van der Waals surface area (Å²) in [6.07, 6.45) is 20.1. The summed E-state index contributed by atoms with van der Waals surface area (Å²) >= 11 is 0. The molecule has 0 amide bonds. The summed E-state index contributed by atoms with van der Waals surface area (Å²) in [5, 5.41) is 28.0. The van der Waals surface area contributed by atoms with Crippen LogP contribution in [0, 0.1) is 0 Å². The zero-order valence-corrected chi connectivity index (χ0v) is 19.8. The van der Waals surface area contributed by atoms with E-state index >= 15 is 0 Å². The van der Waals surface area contributed by atoms with E-state index in [2.05, 4.69) is 24.4 Å². The van der Waals surface area contributed by atoms with Crippen molar-refractivity contribution in [3.63, 3.8) is 0 Å². The largest absolute Gasteiger partial charge is 0.480 e. The van der Waals surface area contributed by atoms with Crippen LogP contribution >= 0.6 is 0 Å². The first-order chi connectivity index (χ1) is 15.0. The third kappa shape index (κ3) is 30.8. The number of esters is 1. The van der Waals surface area contributed by atoms with E-state index in [4.69, 9.17) is 20.1 Å². The number of nitrogens with one attached hydrogen (secondary N) is 1. The van der Waals surface area contributed by atoms with Gasteiger partial charge in [-0.1, -0.05) is 70.4 Å². The lowest BCUT2D eigenvalue weighted by atomic mass is 10.1. The number of aliphatic carboxylic acids is 1. The summed E-state index contributed by atoms with van der Waals surface area (Å²) in [5.41, 5.74) is 0. The van der Waals surface area contributed by atoms with E-state index in [1.54, 1.807) is 7.05 Å². The Kier molecular flexibility index (Phi) is 27.2. The van der Waals surface area contributed by atoms with Crippen LogP contribution in [-0.4, -0.2) is 60.2 Å². The van der Waals surface area contributed by atoms with Crippen LogP contribution in [0.25, 0.3) is 0 Å². The first kappa shape index (κ1) is 31.7. The minimum Gasteiger partial charge on any atom is -0.480 e. The number of aliphatic hydroxyl groups excluding tert-OH is 2. The van der Waals surface area contributed by atoms with Crippen LogP contribution in [-0.2, 0) is 14.3 Å². The fraction of sp³-hybridized carbons (Fsp3) is 0.833. The van der Waals surface area contributed by atoms with Crippen LogP contribution in [0.1, 0.15) is 96.8 Å². The fourth-order valence-electron chi connectivity index (χ4n) is 2.81. The number of unbranched alkanes of at least 4 members (excludes halogenated alkanes) is 11. The van der Waals surface area contributed by atoms with Crippen molar-refractivity contribution in [2.45, 2.75) is 103 Å². The maximum atomic E-state index is 11.4. The molecule has 0 spiro atoms. The van der Waals surface area contributed by atoms with Gasteiger partial charge >= 0.3 is 11.9 Å². The molecular formula is C24H47NO6. The van der Waals surface area contributed by atoms with Gasteiger partial charge in [-0.15, -0.1) is 0 Å². The summed E-state index contributed by atoms with van der Waals surface area (Å²) in [7, 11) is 1.59. The predicted molar refractivity (Wildman–Crippen MR) is 125 cm³/mol. The Labute approximate surface area is 189 Å². The molecule has 0 aromatic rings. The van der Waals surface area contributed by atoms with Gasteiger partial charge in [0.2, 0.25) is 0 Å². The minimum atomic E-state index is -0.960. The highest BCUT2D eigenvalue weighted by molar-refractivity contribution is 5.69. The smallest absolute Gasteiger partial charge is 0.317 e. The molecule has 0 saturated heterocycles. The summed E-state index contributed by atoms with van der Waals surface area (Å²) in [4.78, 5) is 20.9. The number of hydrogen-bond acceptors (Lipinski definition) is 6. The molecule has 0 aromatic carbocycles. The van der Waals surface area contributed by atoms with Crippen molar-refractivity contribution in [3.05, 3.63) is 12.2 Å². The second-order valence-corrected chi connectivity index (χ2v) is 7.78. The standard InChI is InChI=1S/C21H40O4.C3H7NO2/c1-2-3-4-5-6-7-8-9-10-11-12-13-14-15-16-17-21(24)25-19-20(23)18-22;1-4-2-3(5)6/h9-10,20,22-23H,2-8,11-19H2,1H3;4H,2H2,1H3,(H,5,6)/b10-9-;. The lowest BCUT2D eigenvalue weighted by Crippen LogP contribution is -2.21. The highest BCUT2D eigenvalue weighted by atomic mass is 16.5. The van der Waals surface area contributed by atoms with Crippen molar-refractivity contribution < 1.29 is 29.6 Å². The summed E-state index contributed by atoms with van der Waals surface area (Å²) < 4.78 is 4.86. The topological polar surface area (TPSA) is 116 Å². The lowest BCUT2D eigenvalue weighted by Gasteiger charge is -2.08. The van der Waals surface area contributed by atoms with Crippen LogP contribution in [0.4, 0.5) is 0 Å². The van der Waals surface area contributed by atoms with Crippen LogP contribution in [0.3, 0.4) is 0 Å². The summed E-state index contributed by atoms with van der Waals surface area (Å²) in [6.45, 7) is 1.81. The van der Waals surface area contributed by atoms with Crippen LogP contribution < -0.4 is 5.32 Å². The van der Waals surface area contributed by atoms with Crippen molar-refractivity contribution in [2.75, 3.05) is 26.8 Å². The molecule has 7 nitrogen and oxygen atoms in total. The van der Waals surface area contributed by atoms with Crippen molar-refractivity contribution >= 4 is 11.9 Å². The van der Waals surface area contributed by atoms with E-state index < -0.39 is 12.1 Å². The zero-order chi connectivity index (χ0) is 23.6. The van der Waals surface area contributed by atoms with Crippen molar-refractivity contribution in [2.24, 2.45) is 0 Å². The van der Waals surface area contributed by atoms with Gasteiger partial charge in [-0.05, 0) is 39.2 Å². The average Bonchev–Trinajstić information content (AvgIpc) is 2.75. The summed E-state index contributed by atoms with van der Waals surface area (Å²) in [5.74, 6) is -1.11. The number of carboxylic acid groups (broad SMARTS) is 1. The number of carbonyl (C=O) groups is 2. The number of hydrogen-bond donors (Lipinski definition) is 4. The number of allylic oxidation sites excluding steroid dienone is 2. The fourth-order valence-corrected chi connectivity index (χ4v) is 2.81. The van der Waals surface area contributed by atoms with Gasteiger partial charge in [0.25, 0.3) is 0 Å². The van der Waals surface area contributed by atoms with Crippen LogP contribution in [0.2, 0.25) is 0 Å². The van der Waals surface area contributed by atoms with Crippen molar-refractivity contribution in [1.29, 1.82) is 0 Å². The Balaban J connectivity index is 0. The second kappa shape index (κ2) is 26.6. The molecule has 31 heavy (non-hydrogen) atoms. The van der Waals surface area contributed by atoms with Crippen LogP contribution in [0.5, 0.6) is 0 Å². The molecule has 0 saturated carbocycles. The number of aliphatic hydroxyl groups is 2. The molecule has 0 aromatic heterocycles. The normalized spacial score (nSPS) is 11.7. The van der Waals surface area contributed by atoms with Gasteiger partial charge in [-0.2, -0.15) is 0 Å². The van der Waals surface area contributed by atoms with E-state index in [1.807, 2.05) is 0 Å². The molecule has 0 radical (unpaired) electrons. The average molecular weight is 446 g/mol. The van der Waals surface area contributed by atoms with Gasteiger partial charge in [0.15, 0.2) is 0 Å². The molecule has 0 aliphatic heterocycles. The number of likely N-dealkylation sites (N-methyl/N-ethyl adjacent to an activating group) is 1. The molecule has 4 N–H and O–H groups in total. The first-order valence-electron chi connectivity index (χ1n) is 11.9. The van der Waals surface area contributed by atoms with Gasteiger partial charge in [0.1, 0.15) is 12.7 Å². The van der Waals surface area contributed by atoms with E-state index in [9.17, 15) is 9.59 Å². The van der Waals surface area contributed by atoms with Crippen LogP contribution in [0.15, 0.2) is 12.2 Å². The highest BCUT2D eigenvalue weighted by Gasteiger charge is 2.07. The number of ether oxygens (including phenoxy) is 1. The quantitative estimate of drug-likeness (QED) is 0.126. The molecule has 0 heterocycles. The van der Waals surface area contributed by atoms with E-state index in [0.29, 0.717) is 6.42 Å². The molecule has 184 valence electrons. The van der Waals surface area contributed by atoms with Gasteiger partial charge in [-0.3, -0.25) is 9.59 Å². The molecule has 0 fully saturated rings. The third-order valence-electron chi connectivity index (χ3n) is 4.62. The van der Waals surface area contributed by atoms with Gasteiger partial charge in [-0.25, -0.2) is 0 Å². The van der Waals surface area contributed by atoms with E-state index in [1.165, 1.54) is 57.8 Å². The molecule has 0 aliphatic rings. The predicted octanol–water partition coefficient (Wildman–Crippen LogP) is 4.21. The number of rotatable bonds is 20. The minimum absolute atomic E-state index is 0.0417. The van der Waals surface area contributed by atoms with Gasteiger partial charge in [0.05, 0.1) is 13.2 Å². The monoisotopic (exact) mass is 445 g/mol. The maximum absolute atomic E-state index is 11.4. The number of carbonyl (C=O) groups excluding carboxylic acids is 1. The van der Waals surface area contributed by atoms with Gasteiger partial charge in [0, 0.05) is 6.42 Å². The Hall–Kier alpha value is -1.44. The van der Waals surface area contributed by atoms with E-state index in [-0.39, 0.29) is 25.7 Å². The highest BCUT2D eigenvalue weighted by Crippen LogP contribution is 2.10. The maximum Gasteiger partial charge on any atom is 0.317 e. The van der Waals surface area contributed by atoms with Gasteiger partial charge < -0.3 is 25.4 Å². The molecule has 1 unspecified atom stereocenters. The summed E-state index contributed by atoms with van der Waals surface area (Å²) in [6, 6.07) is 0. The molecule has 0 aliphatic carbocycles. The Morgan fingerprint density at radius 2 is 1.42 bits per heavy atom. The Morgan fingerprint density at radius 1 is 0.903 bits per heavy atom. The Bertz CT molecular complexity index is 428. The lowest BCUT2D eigenvalue weighted by molar-refractivity contribution is -0.147. The SMILES string of the molecule is CCCCCCCC/C=C\CCCCCCCC(=O)OCC(O)CO.CNCC(=O)O. The molecule has 7 heteroatoms. The molecule has 0 rings (SSSR count). The zero-order valence-electron chi connectivity index (χ0n) is 19.8. The van der Waals surface area contributed by atoms with E-state index in [0.717, 1.165) is 25.7 Å². The third-order valence-corrected chi connectivity index (χ3v) is 4.62.